The Hall–Kier alpha value is -1.84. The number of ether oxygens (including phenoxy) is 1. The molecule has 1 aromatic rings. The van der Waals surface area contributed by atoms with Crippen LogP contribution in [0.5, 0.6) is 0 Å². The van der Waals surface area contributed by atoms with E-state index in [0.717, 1.165) is 31.2 Å². The lowest BCUT2D eigenvalue weighted by atomic mass is 9.77. The van der Waals surface area contributed by atoms with E-state index in [2.05, 4.69) is 12.1 Å². The van der Waals surface area contributed by atoms with Gasteiger partial charge in [0.15, 0.2) is 0 Å². The van der Waals surface area contributed by atoms with Gasteiger partial charge in [-0.25, -0.2) is 0 Å². The molecule has 2 fully saturated rings. The van der Waals surface area contributed by atoms with Crippen molar-refractivity contribution in [3.63, 3.8) is 0 Å². The van der Waals surface area contributed by atoms with Crippen molar-refractivity contribution in [2.24, 2.45) is 5.92 Å². The fourth-order valence-electron chi connectivity index (χ4n) is 4.15. The molecule has 4 nitrogen and oxygen atoms in total. The van der Waals surface area contributed by atoms with Crippen LogP contribution in [0.4, 0.5) is 0 Å². The van der Waals surface area contributed by atoms with Gasteiger partial charge in [0.1, 0.15) is 0 Å². The lowest BCUT2D eigenvalue weighted by Gasteiger charge is -2.38. The van der Waals surface area contributed by atoms with Crippen LogP contribution >= 0.6 is 0 Å². The molecule has 0 unspecified atom stereocenters. The molecule has 1 heterocycles. The van der Waals surface area contributed by atoms with Crippen molar-refractivity contribution in [1.82, 2.24) is 4.90 Å². The fraction of sp³-hybridized carbons (Fsp3) is 0.579. The molecule has 4 heteroatoms. The number of benzene rings is 1. The van der Waals surface area contributed by atoms with E-state index in [9.17, 15) is 9.59 Å². The van der Waals surface area contributed by atoms with Crippen molar-refractivity contribution in [3.05, 3.63) is 35.9 Å². The largest absolute Gasteiger partial charge is 0.469 e. The molecule has 124 valence electrons. The van der Waals surface area contributed by atoms with Crippen LogP contribution in [0.3, 0.4) is 0 Å². The summed E-state index contributed by atoms with van der Waals surface area (Å²) in [7, 11) is 1.43. The highest BCUT2D eigenvalue weighted by Crippen LogP contribution is 2.43. The average molecular weight is 315 g/mol. The van der Waals surface area contributed by atoms with Crippen molar-refractivity contribution in [2.45, 2.75) is 43.9 Å². The summed E-state index contributed by atoms with van der Waals surface area (Å²) in [6, 6.07) is 10.2. The number of rotatable bonds is 3. The Kier molecular flexibility index (Phi) is 4.69. The Morgan fingerprint density at radius 3 is 2.26 bits per heavy atom. The van der Waals surface area contributed by atoms with Crippen LogP contribution in [0, 0.1) is 5.92 Å². The van der Waals surface area contributed by atoms with E-state index in [1.54, 1.807) is 0 Å². The van der Waals surface area contributed by atoms with Gasteiger partial charge in [0, 0.05) is 13.1 Å². The number of hydrogen-bond donors (Lipinski definition) is 0. The first-order chi connectivity index (χ1) is 11.2. The van der Waals surface area contributed by atoms with Gasteiger partial charge in [0.05, 0.1) is 18.4 Å². The number of amides is 1. The number of hydrogen-bond acceptors (Lipinski definition) is 3. The molecule has 1 saturated heterocycles. The number of carbonyl (C=O) groups is 2. The van der Waals surface area contributed by atoms with Gasteiger partial charge in [-0.3, -0.25) is 9.59 Å². The molecule has 0 radical (unpaired) electrons. The first-order valence-electron chi connectivity index (χ1n) is 8.60. The van der Waals surface area contributed by atoms with E-state index in [4.69, 9.17) is 4.74 Å². The Bertz CT molecular complexity index is 555. The first kappa shape index (κ1) is 16.0. The van der Waals surface area contributed by atoms with Crippen LogP contribution < -0.4 is 0 Å². The summed E-state index contributed by atoms with van der Waals surface area (Å²) in [5, 5.41) is 0. The minimum absolute atomic E-state index is 0.0553. The summed E-state index contributed by atoms with van der Waals surface area (Å²) in [6.07, 6.45) is 5.52. The summed E-state index contributed by atoms with van der Waals surface area (Å²) < 4.78 is 4.83. The molecule has 0 bridgehead atoms. The quantitative estimate of drug-likeness (QED) is 0.806. The number of methoxy groups -OCH3 is 1. The predicted molar refractivity (Wildman–Crippen MR) is 87.9 cm³/mol. The maximum Gasteiger partial charge on any atom is 0.308 e. The van der Waals surface area contributed by atoms with Crippen molar-refractivity contribution >= 4 is 11.9 Å². The number of nitrogens with zero attached hydrogens (tertiary/aromatic N) is 1. The average Bonchev–Trinajstić information content (AvgIpc) is 3.12. The second kappa shape index (κ2) is 6.73. The van der Waals surface area contributed by atoms with Gasteiger partial charge in [-0.1, -0.05) is 43.2 Å². The summed E-state index contributed by atoms with van der Waals surface area (Å²) in [4.78, 5) is 26.9. The third-order valence-electron chi connectivity index (χ3n) is 5.51. The molecule has 3 rings (SSSR count). The van der Waals surface area contributed by atoms with Crippen molar-refractivity contribution in [3.8, 4) is 0 Å². The molecule has 1 saturated carbocycles. The number of likely N-dealkylation sites (tertiary alicyclic amines) is 1. The summed E-state index contributed by atoms with van der Waals surface area (Å²) in [5.41, 5.74) is 0.803. The zero-order valence-electron chi connectivity index (χ0n) is 13.8. The monoisotopic (exact) mass is 315 g/mol. The molecule has 0 spiro atoms. The Morgan fingerprint density at radius 1 is 1.09 bits per heavy atom. The standard InChI is InChI=1S/C19H25NO3/c1-23-17(21)15-9-13-20(14-10-15)18(22)19(11-5-6-12-19)16-7-3-2-4-8-16/h2-4,7-8,15H,5-6,9-14H2,1H3. The molecular weight excluding hydrogens is 290 g/mol. The number of esters is 1. The maximum absolute atomic E-state index is 13.3. The van der Waals surface area contributed by atoms with Crippen LogP contribution in [0.15, 0.2) is 30.3 Å². The normalized spacial score (nSPS) is 21.2. The highest BCUT2D eigenvalue weighted by Gasteiger charge is 2.45. The molecular formula is C19H25NO3. The molecule has 1 aromatic carbocycles. The third kappa shape index (κ3) is 2.99. The van der Waals surface area contributed by atoms with Crippen molar-refractivity contribution in [2.75, 3.05) is 20.2 Å². The van der Waals surface area contributed by atoms with Gasteiger partial charge in [-0.2, -0.15) is 0 Å². The fourth-order valence-corrected chi connectivity index (χ4v) is 4.15. The Labute approximate surface area is 137 Å². The first-order valence-corrected chi connectivity index (χ1v) is 8.60. The van der Waals surface area contributed by atoms with E-state index in [1.807, 2.05) is 23.1 Å². The number of carbonyl (C=O) groups excluding carboxylic acids is 2. The van der Waals surface area contributed by atoms with E-state index < -0.39 is 0 Å². The van der Waals surface area contributed by atoms with E-state index in [1.165, 1.54) is 7.11 Å². The highest BCUT2D eigenvalue weighted by atomic mass is 16.5. The summed E-state index contributed by atoms with van der Waals surface area (Å²) in [5.74, 6) is 0.0561. The zero-order valence-corrected chi connectivity index (χ0v) is 13.8. The van der Waals surface area contributed by atoms with Crippen LogP contribution in [-0.4, -0.2) is 37.0 Å². The van der Waals surface area contributed by atoms with E-state index in [0.29, 0.717) is 25.9 Å². The van der Waals surface area contributed by atoms with E-state index >= 15 is 0 Å². The van der Waals surface area contributed by atoms with Crippen LogP contribution in [0.2, 0.25) is 0 Å². The van der Waals surface area contributed by atoms with Crippen LogP contribution in [0.25, 0.3) is 0 Å². The van der Waals surface area contributed by atoms with Crippen molar-refractivity contribution in [1.29, 1.82) is 0 Å². The van der Waals surface area contributed by atoms with Gasteiger partial charge in [0.2, 0.25) is 5.91 Å². The van der Waals surface area contributed by atoms with Gasteiger partial charge in [0.25, 0.3) is 0 Å². The van der Waals surface area contributed by atoms with E-state index in [-0.39, 0.29) is 23.2 Å². The van der Waals surface area contributed by atoms with Gasteiger partial charge >= 0.3 is 5.97 Å². The summed E-state index contributed by atoms with van der Waals surface area (Å²) >= 11 is 0. The molecule has 0 atom stereocenters. The van der Waals surface area contributed by atoms with Gasteiger partial charge in [-0.05, 0) is 31.2 Å². The number of piperidine rings is 1. The van der Waals surface area contributed by atoms with Gasteiger partial charge < -0.3 is 9.64 Å². The van der Waals surface area contributed by atoms with Crippen LogP contribution in [0.1, 0.15) is 44.1 Å². The second-order valence-electron chi connectivity index (χ2n) is 6.74. The SMILES string of the molecule is COC(=O)C1CCN(C(=O)C2(c3ccccc3)CCCC2)CC1. The molecule has 1 amide bonds. The molecule has 0 aromatic heterocycles. The molecule has 1 aliphatic carbocycles. The minimum atomic E-state index is -0.348. The van der Waals surface area contributed by atoms with Gasteiger partial charge in [-0.15, -0.1) is 0 Å². The summed E-state index contributed by atoms with van der Waals surface area (Å²) in [6.45, 7) is 1.32. The lowest BCUT2D eigenvalue weighted by Crippen LogP contribution is -2.49. The Balaban J connectivity index is 1.75. The van der Waals surface area contributed by atoms with Crippen LogP contribution in [-0.2, 0) is 19.7 Å². The smallest absolute Gasteiger partial charge is 0.308 e. The minimum Gasteiger partial charge on any atom is -0.469 e. The zero-order chi connectivity index (χ0) is 16.3. The molecule has 2 aliphatic rings. The lowest BCUT2D eigenvalue weighted by molar-refractivity contribution is -0.150. The molecule has 1 aliphatic heterocycles. The van der Waals surface area contributed by atoms with Crippen molar-refractivity contribution < 1.29 is 14.3 Å². The molecule has 23 heavy (non-hydrogen) atoms. The maximum atomic E-state index is 13.3. The molecule has 0 N–H and O–H groups in total. The third-order valence-corrected chi connectivity index (χ3v) is 5.51. The second-order valence-corrected chi connectivity index (χ2v) is 6.74. The predicted octanol–water partition coefficient (Wildman–Crippen LogP) is 2.91. The topological polar surface area (TPSA) is 46.6 Å². The highest BCUT2D eigenvalue weighted by molar-refractivity contribution is 5.89. The Morgan fingerprint density at radius 2 is 1.70 bits per heavy atom.